The Balaban J connectivity index is 3.85. The van der Waals surface area contributed by atoms with Crippen LogP contribution in [0.5, 0.6) is 0 Å². The maximum atomic E-state index is 12.2. The van der Waals surface area contributed by atoms with Crippen molar-refractivity contribution in [3.05, 3.63) is 0 Å². The lowest BCUT2D eigenvalue weighted by Crippen LogP contribution is -2.36. The molecule has 0 heterocycles. The second-order valence-corrected chi connectivity index (χ2v) is 2.61. The molecule has 76 valence electrons. The number of unbranched alkanes of at least 4 members (excludes halogenated alkanes) is 2. The van der Waals surface area contributed by atoms with Gasteiger partial charge in [-0.25, -0.2) is 0 Å². The molecule has 0 bridgehead atoms. The maximum absolute atomic E-state index is 12.2. The smallest absolute Gasteiger partial charge is 0.196 e. The number of hydrogen-bond acceptors (Lipinski definition) is 0. The van der Waals surface area contributed by atoms with Crippen molar-refractivity contribution >= 4 is 0 Å². The molecule has 0 aliphatic rings. The number of alkyl halides is 5. The molecule has 0 rings (SSSR count). The molecule has 0 spiro atoms. The summed E-state index contributed by atoms with van der Waals surface area (Å²) in [5.74, 6) is -2.42. The van der Waals surface area contributed by atoms with Gasteiger partial charge in [0.15, 0.2) is 0 Å². The first kappa shape index (κ1) is 12.2. The average molecular weight is 200 g/mol. The van der Waals surface area contributed by atoms with Gasteiger partial charge in [0, 0.05) is 12.8 Å². The molecule has 0 atom stereocenters. The Morgan fingerprint density at radius 2 is 1.54 bits per heavy atom. The molecular weight excluding hydrogens is 191 g/mol. The van der Waals surface area contributed by atoms with Crippen LogP contribution in [0.15, 0.2) is 0 Å². The van der Waals surface area contributed by atoms with Crippen LogP contribution in [-0.4, -0.2) is 12.1 Å². The fourth-order valence-electron chi connectivity index (χ4n) is 0.716. The summed E-state index contributed by atoms with van der Waals surface area (Å²) in [5, 5.41) is 0. The molecule has 13 heavy (non-hydrogen) atoms. The van der Waals surface area contributed by atoms with Crippen LogP contribution in [0.3, 0.4) is 0 Å². The summed E-state index contributed by atoms with van der Waals surface area (Å²) in [6.45, 7) is 0. The Morgan fingerprint density at radius 3 is 1.92 bits per heavy atom. The molecule has 0 N–H and O–H groups in total. The summed E-state index contributed by atoms with van der Waals surface area (Å²) in [5.41, 5.74) is 0. The second-order valence-electron chi connectivity index (χ2n) is 2.61. The van der Waals surface area contributed by atoms with Crippen LogP contribution in [0.2, 0.25) is 0 Å². The minimum atomic E-state index is -5.44. The summed E-state index contributed by atoms with van der Waals surface area (Å²) in [4.78, 5) is 0. The summed E-state index contributed by atoms with van der Waals surface area (Å²) < 4.78 is 59.0. The van der Waals surface area contributed by atoms with Gasteiger partial charge >= 0.3 is 12.1 Å². The van der Waals surface area contributed by atoms with Gasteiger partial charge in [-0.3, -0.25) is 0 Å². The quantitative estimate of drug-likeness (QED) is 0.370. The van der Waals surface area contributed by atoms with Crippen molar-refractivity contribution in [3.63, 3.8) is 0 Å². The molecule has 0 aromatic heterocycles. The van der Waals surface area contributed by atoms with Gasteiger partial charge in [-0.1, -0.05) is 0 Å². The Bertz CT molecular complexity index is 186. The van der Waals surface area contributed by atoms with E-state index in [4.69, 9.17) is 6.42 Å². The van der Waals surface area contributed by atoms with Crippen LogP contribution in [-0.2, 0) is 0 Å². The van der Waals surface area contributed by atoms with Gasteiger partial charge in [0.2, 0.25) is 0 Å². The molecule has 0 radical (unpaired) electrons. The third-order valence-electron chi connectivity index (χ3n) is 1.48. The molecule has 0 saturated carbocycles. The first-order chi connectivity index (χ1) is 5.81. The summed E-state index contributed by atoms with van der Waals surface area (Å²) in [6, 6.07) is 0. The highest BCUT2D eigenvalue weighted by Crippen LogP contribution is 2.39. The molecule has 0 nitrogen and oxygen atoms in total. The Labute approximate surface area is 73.1 Å². The van der Waals surface area contributed by atoms with Crippen LogP contribution in [0.1, 0.15) is 25.7 Å². The molecule has 0 fully saturated rings. The molecule has 0 aliphatic heterocycles. The van der Waals surface area contributed by atoms with E-state index in [-0.39, 0.29) is 19.3 Å². The lowest BCUT2D eigenvalue weighted by atomic mass is 10.1. The fraction of sp³-hybridized carbons (Fsp3) is 0.750. The lowest BCUT2D eigenvalue weighted by Gasteiger charge is -2.18. The minimum absolute atomic E-state index is 0.197. The van der Waals surface area contributed by atoms with Crippen LogP contribution >= 0.6 is 0 Å². The summed E-state index contributed by atoms with van der Waals surface area (Å²) >= 11 is 0. The highest BCUT2D eigenvalue weighted by molar-refractivity contribution is 4.83. The van der Waals surface area contributed by atoms with Gasteiger partial charge in [-0.15, -0.1) is 12.3 Å². The first-order valence-electron chi connectivity index (χ1n) is 3.69. The molecule has 0 aromatic rings. The van der Waals surface area contributed by atoms with Gasteiger partial charge in [-0.05, 0) is 12.8 Å². The van der Waals surface area contributed by atoms with E-state index in [1.807, 2.05) is 0 Å². The number of rotatable bonds is 4. The monoisotopic (exact) mass is 200 g/mol. The predicted octanol–water partition coefficient (Wildman–Crippen LogP) is 3.38. The molecule has 0 unspecified atom stereocenters. The van der Waals surface area contributed by atoms with Crippen molar-refractivity contribution in [3.8, 4) is 12.3 Å². The van der Waals surface area contributed by atoms with Gasteiger partial charge in [0.05, 0.1) is 0 Å². The van der Waals surface area contributed by atoms with E-state index in [0.29, 0.717) is 0 Å². The zero-order chi connectivity index (χ0) is 10.5. The normalized spacial score (nSPS) is 12.6. The maximum Gasteiger partial charge on any atom is 0.453 e. The molecule has 0 saturated heterocycles. The van der Waals surface area contributed by atoms with Gasteiger partial charge in [-0.2, -0.15) is 22.0 Å². The van der Waals surface area contributed by atoms with E-state index in [1.165, 1.54) is 0 Å². The SMILES string of the molecule is C#CCCCCC(F)(F)C(F)(F)F. The third-order valence-corrected chi connectivity index (χ3v) is 1.48. The highest BCUT2D eigenvalue weighted by Gasteiger charge is 2.56. The van der Waals surface area contributed by atoms with Crippen LogP contribution in [0, 0.1) is 12.3 Å². The van der Waals surface area contributed by atoms with Gasteiger partial charge in [0.1, 0.15) is 0 Å². The molecular formula is C8H9F5. The zero-order valence-corrected chi connectivity index (χ0v) is 6.80. The zero-order valence-electron chi connectivity index (χ0n) is 6.80. The number of terminal acetylenes is 1. The lowest BCUT2D eigenvalue weighted by molar-refractivity contribution is -0.284. The van der Waals surface area contributed by atoms with Gasteiger partial charge < -0.3 is 0 Å². The van der Waals surface area contributed by atoms with Crippen LogP contribution in [0.25, 0.3) is 0 Å². The van der Waals surface area contributed by atoms with E-state index in [2.05, 4.69) is 5.92 Å². The van der Waals surface area contributed by atoms with E-state index in [1.54, 1.807) is 0 Å². The molecule has 0 aliphatic carbocycles. The molecule has 0 amide bonds. The standard InChI is InChI=1S/C8H9F5/c1-2-3-4-5-6-7(9,10)8(11,12)13/h1H,3-6H2. The summed E-state index contributed by atoms with van der Waals surface area (Å²) in [7, 11) is 0. The third kappa shape index (κ3) is 4.11. The van der Waals surface area contributed by atoms with E-state index in [0.717, 1.165) is 0 Å². The molecule has 5 heteroatoms. The predicted molar refractivity (Wildman–Crippen MR) is 38.3 cm³/mol. The van der Waals surface area contributed by atoms with Crippen molar-refractivity contribution in [2.24, 2.45) is 0 Å². The van der Waals surface area contributed by atoms with Crippen molar-refractivity contribution in [1.29, 1.82) is 0 Å². The number of hydrogen-bond donors (Lipinski definition) is 0. The first-order valence-corrected chi connectivity index (χ1v) is 3.69. The number of halogens is 5. The van der Waals surface area contributed by atoms with E-state index < -0.39 is 18.5 Å². The largest absolute Gasteiger partial charge is 0.453 e. The van der Waals surface area contributed by atoms with Crippen molar-refractivity contribution in [2.75, 3.05) is 0 Å². The van der Waals surface area contributed by atoms with Crippen molar-refractivity contribution in [2.45, 2.75) is 37.8 Å². The Morgan fingerprint density at radius 1 is 1.00 bits per heavy atom. The van der Waals surface area contributed by atoms with Crippen LogP contribution < -0.4 is 0 Å². The van der Waals surface area contributed by atoms with E-state index in [9.17, 15) is 22.0 Å². The molecule has 0 aromatic carbocycles. The average Bonchev–Trinajstić information content (AvgIpc) is 1.96. The van der Waals surface area contributed by atoms with Crippen molar-refractivity contribution in [1.82, 2.24) is 0 Å². The van der Waals surface area contributed by atoms with E-state index >= 15 is 0 Å². The second kappa shape index (κ2) is 4.45. The summed E-state index contributed by atoms with van der Waals surface area (Å²) in [6.07, 6.45) is -1.60. The van der Waals surface area contributed by atoms with Crippen molar-refractivity contribution < 1.29 is 22.0 Å². The Hall–Kier alpha value is -0.790. The minimum Gasteiger partial charge on any atom is -0.196 e. The fourth-order valence-corrected chi connectivity index (χ4v) is 0.716. The topological polar surface area (TPSA) is 0 Å². The highest BCUT2D eigenvalue weighted by atomic mass is 19.4. The van der Waals surface area contributed by atoms with Crippen LogP contribution in [0.4, 0.5) is 22.0 Å². The Kier molecular flexibility index (Phi) is 4.18. The van der Waals surface area contributed by atoms with Gasteiger partial charge in [0.25, 0.3) is 0 Å².